The number of piperidine rings is 1. The summed E-state index contributed by atoms with van der Waals surface area (Å²) < 4.78 is 2.00. The highest BCUT2D eigenvalue weighted by Crippen LogP contribution is 2.34. The molecule has 3 heterocycles. The fourth-order valence-corrected chi connectivity index (χ4v) is 3.98. The summed E-state index contributed by atoms with van der Waals surface area (Å²) in [6.07, 6.45) is 6.98. The largest absolute Gasteiger partial charge is 0.380 e. The maximum atomic E-state index is 12.7. The molecule has 1 saturated carbocycles. The van der Waals surface area contributed by atoms with Crippen LogP contribution in [-0.4, -0.2) is 49.2 Å². The molecule has 1 aliphatic heterocycles. The zero-order valence-corrected chi connectivity index (χ0v) is 13.2. The molecule has 0 radical (unpaired) electrons. The Morgan fingerprint density at radius 3 is 2.87 bits per heavy atom. The molecule has 1 N–H and O–H groups in total. The van der Waals surface area contributed by atoms with Crippen molar-refractivity contribution in [2.45, 2.75) is 50.0 Å². The van der Waals surface area contributed by atoms with Gasteiger partial charge in [0.1, 0.15) is 11.4 Å². The van der Waals surface area contributed by atoms with Gasteiger partial charge in [-0.1, -0.05) is 6.07 Å². The summed E-state index contributed by atoms with van der Waals surface area (Å²) >= 11 is 0. The highest BCUT2D eigenvalue weighted by molar-refractivity contribution is 5.85. The molecule has 0 aromatic carbocycles. The lowest BCUT2D eigenvalue weighted by atomic mass is 9.93. The van der Waals surface area contributed by atoms with Crippen LogP contribution in [0.3, 0.4) is 0 Å². The lowest BCUT2D eigenvalue weighted by Crippen LogP contribution is -2.50. The SMILES string of the molecule is O=C(N1CCCC(c2nnc3ccccn23)C1)C1(O)CCCC1. The molecule has 0 bridgehead atoms. The van der Waals surface area contributed by atoms with E-state index in [-0.39, 0.29) is 11.8 Å². The minimum absolute atomic E-state index is 0.0893. The second-order valence-corrected chi connectivity index (χ2v) is 6.82. The van der Waals surface area contributed by atoms with Crippen molar-refractivity contribution in [1.29, 1.82) is 0 Å². The van der Waals surface area contributed by atoms with Gasteiger partial charge in [0.25, 0.3) is 5.91 Å². The van der Waals surface area contributed by atoms with Crippen LogP contribution >= 0.6 is 0 Å². The quantitative estimate of drug-likeness (QED) is 0.916. The summed E-state index contributed by atoms with van der Waals surface area (Å²) in [5, 5.41) is 19.1. The Bertz CT molecular complexity index is 720. The average Bonchev–Trinajstić information content (AvgIpc) is 3.21. The Labute approximate surface area is 135 Å². The second-order valence-electron chi connectivity index (χ2n) is 6.82. The van der Waals surface area contributed by atoms with E-state index in [1.165, 1.54) is 0 Å². The molecular formula is C17H22N4O2. The molecule has 1 unspecified atom stereocenters. The standard InChI is InChI=1S/C17H22N4O2/c22-16(17(23)8-2-3-9-17)20-10-5-6-13(12-20)15-19-18-14-7-1-4-11-21(14)15/h1,4,7,11,13,23H,2-3,5-6,8-10,12H2. The van der Waals surface area contributed by atoms with Gasteiger partial charge >= 0.3 is 0 Å². The summed E-state index contributed by atoms with van der Waals surface area (Å²) in [5.41, 5.74) is -0.296. The summed E-state index contributed by atoms with van der Waals surface area (Å²) in [7, 11) is 0. The Morgan fingerprint density at radius 2 is 2.04 bits per heavy atom. The number of hydrogen-bond donors (Lipinski definition) is 1. The van der Waals surface area contributed by atoms with Gasteiger partial charge in [0.2, 0.25) is 0 Å². The lowest BCUT2D eigenvalue weighted by Gasteiger charge is -2.36. The van der Waals surface area contributed by atoms with E-state index < -0.39 is 5.60 Å². The van der Waals surface area contributed by atoms with Crippen LogP contribution in [0.15, 0.2) is 24.4 Å². The first-order chi connectivity index (χ1) is 11.2. The molecule has 2 aliphatic rings. The number of aromatic nitrogens is 3. The molecule has 2 aromatic heterocycles. The third-order valence-corrected chi connectivity index (χ3v) is 5.24. The first kappa shape index (κ1) is 14.6. The third-order valence-electron chi connectivity index (χ3n) is 5.24. The molecule has 23 heavy (non-hydrogen) atoms. The predicted octanol–water partition coefficient (Wildman–Crippen LogP) is 1.74. The molecule has 6 nitrogen and oxygen atoms in total. The van der Waals surface area contributed by atoms with Crippen molar-refractivity contribution < 1.29 is 9.90 Å². The van der Waals surface area contributed by atoms with Gasteiger partial charge in [-0.25, -0.2) is 0 Å². The Hall–Kier alpha value is -1.95. The number of pyridine rings is 1. The number of amides is 1. The molecule has 1 saturated heterocycles. The van der Waals surface area contributed by atoms with E-state index in [2.05, 4.69) is 10.2 Å². The van der Waals surface area contributed by atoms with Crippen molar-refractivity contribution in [3.05, 3.63) is 30.2 Å². The number of carbonyl (C=O) groups excluding carboxylic acids is 1. The first-order valence-electron chi connectivity index (χ1n) is 8.49. The van der Waals surface area contributed by atoms with Crippen molar-refractivity contribution >= 4 is 11.6 Å². The smallest absolute Gasteiger partial charge is 0.254 e. The minimum Gasteiger partial charge on any atom is -0.380 e. The normalized spacial score (nSPS) is 24.2. The van der Waals surface area contributed by atoms with E-state index in [4.69, 9.17) is 0 Å². The van der Waals surface area contributed by atoms with Crippen LogP contribution in [0, 0.1) is 0 Å². The van der Waals surface area contributed by atoms with Gasteiger partial charge in [0.15, 0.2) is 5.65 Å². The number of likely N-dealkylation sites (tertiary alicyclic amines) is 1. The molecule has 4 rings (SSSR count). The van der Waals surface area contributed by atoms with Gasteiger partial charge < -0.3 is 10.0 Å². The summed E-state index contributed by atoms with van der Waals surface area (Å²) in [6, 6.07) is 5.84. The lowest BCUT2D eigenvalue weighted by molar-refractivity contribution is -0.152. The zero-order chi connectivity index (χ0) is 15.9. The van der Waals surface area contributed by atoms with Crippen LogP contribution in [-0.2, 0) is 4.79 Å². The fourth-order valence-electron chi connectivity index (χ4n) is 3.98. The molecule has 2 fully saturated rings. The van der Waals surface area contributed by atoms with Gasteiger partial charge in [-0.05, 0) is 50.7 Å². The topological polar surface area (TPSA) is 70.7 Å². The molecule has 122 valence electrons. The van der Waals surface area contributed by atoms with E-state index >= 15 is 0 Å². The Kier molecular flexibility index (Phi) is 3.56. The molecule has 6 heteroatoms. The number of fused-ring (bicyclic) bond motifs is 1. The predicted molar refractivity (Wildman–Crippen MR) is 85.0 cm³/mol. The number of nitrogens with zero attached hydrogens (tertiary/aromatic N) is 4. The van der Waals surface area contributed by atoms with Gasteiger partial charge in [0, 0.05) is 25.2 Å². The highest BCUT2D eigenvalue weighted by Gasteiger charge is 2.43. The second kappa shape index (κ2) is 5.60. The van der Waals surface area contributed by atoms with Crippen LogP contribution in [0.5, 0.6) is 0 Å². The Balaban J connectivity index is 1.56. The van der Waals surface area contributed by atoms with Gasteiger partial charge in [-0.2, -0.15) is 0 Å². The van der Waals surface area contributed by atoms with Crippen LogP contribution in [0.2, 0.25) is 0 Å². The number of carbonyl (C=O) groups is 1. The van der Waals surface area contributed by atoms with Crippen molar-refractivity contribution in [3.63, 3.8) is 0 Å². The van der Waals surface area contributed by atoms with E-state index in [1.807, 2.05) is 33.7 Å². The number of rotatable bonds is 2. The third kappa shape index (κ3) is 2.51. The van der Waals surface area contributed by atoms with E-state index in [0.717, 1.165) is 43.7 Å². The molecule has 1 aliphatic carbocycles. The molecular weight excluding hydrogens is 292 g/mol. The minimum atomic E-state index is -1.13. The number of hydrogen-bond acceptors (Lipinski definition) is 4. The van der Waals surface area contributed by atoms with Crippen LogP contribution < -0.4 is 0 Å². The molecule has 1 amide bonds. The van der Waals surface area contributed by atoms with Crippen LogP contribution in [0.1, 0.15) is 50.3 Å². The molecule has 2 aromatic rings. The summed E-state index contributed by atoms with van der Waals surface area (Å²) in [6.45, 7) is 1.35. The molecule has 0 spiro atoms. The molecule has 1 atom stereocenters. The van der Waals surface area contributed by atoms with E-state index in [0.29, 0.717) is 19.4 Å². The van der Waals surface area contributed by atoms with E-state index in [9.17, 15) is 9.90 Å². The summed E-state index contributed by atoms with van der Waals surface area (Å²) in [5.74, 6) is 1.00. The monoisotopic (exact) mass is 314 g/mol. The Morgan fingerprint density at radius 1 is 1.22 bits per heavy atom. The van der Waals surface area contributed by atoms with Gasteiger partial charge in [0.05, 0.1) is 0 Å². The van der Waals surface area contributed by atoms with Crippen molar-refractivity contribution in [3.8, 4) is 0 Å². The highest BCUT2D eigenvalue weighted by atomic mass is 16.3. The van der Waals surface area contributed by atoms with Crippen molar-refractivity contribution in [2.75, 3.05) is 13.1 Å². The van der Waals surface area contributed by atoms with E-state index in [1.54, 1.807) is 0 Å². The van der Waals surface area contributed by atoms with Gasteiger partial charge in [-0.15, -0.1) is 10.2 Å². The first-order valence-corrected chi connectivity index (χ1v) is 8.49. The zero-order valence-electron chi connectivity index (χ0n) is 13.2. The summed E-state index contributed by atoms with van der Waals surface area (Å²) in [4.78, 5) is 14.6. The fraction of sp³-hybridized carbons (Fsp3) is 0.588. The average molecular weight is 314 g/mol. The van der Waals surface area contributed by atoms with Gasteiger partial charge in [-0.3, -0.25) is 9.20 Å². The maximum Gasteiger partial charge on any atom is 0.254 e. The van der Waals surface area contributed by atoms with Crippen LogP contribution in [0.25, 0.3) is 5.65 Å². The van der Waals surface area contributed by atoms with Crippen molar-refractivity contribution in [2.24, 2.45) is 0 Å². The number of aliphatic hydroxyl groups is 1. The van der Waals surface area contributed by atoms with Crippen molar-refractivity contribution in [1.82, 2.24) is 19.5 Å². The maximum absolute atomic E-state index is 12.7. The van der Waals surface area contributed by atoms with Crippen LogP contribution in [0.4, 0.5) is 0 Å².